The third-order valence-corrected chi connectivity index (χ3v) is 5.89. The van der Waals surface area contributed by atoms with Gasteiger partial charge in [-0.05, 0) is 49.9 Å². The summed E-state index contributed by atoms with van der Waals surface area (Å²) in [5.74, 6) is 0.974. The minimum Gasteiger partial charge on any atom is -0.473 e. The van der Waals surface area contributed by atoms with Crippen molar-refractivity contribution >= 4 is 49.4 Å². The first-order valence-corrected chi connectivity index (χ1v) is 12.7. The number of halogens is 1. The van der Waals surface area contributed by atoms with Crippen LogP contribution < -0.4 is 10.1 Å². The maximum atomic E-state index is 12.0. The smallest absolute Gasteiger partial charge is 0.238 e. The van der Waals surface area contributed by atoms with Crippen molar-refractivity contribution in [2.45, 2.75) is 37.9 Å². The predicted molar refractivity (Wildman–Crippen MR) is 123 cm³/mol. The van der Waals surface area contributed by atoms with E-state index in [1.165, 1.54) is 6.33 Å². The van der Waals surface area contributed by atoms with Crippen LogP contribution in [0.15, 0.2) is 41.2 Å². The molecule has 1 fully saturated rings. The van der Waals surface area contributed by atoms with Gasteiger partial charge in [-0.25, -0.2) is 19.2 Å². The van der Waals surface area contributed by atoms with Gasteiger partial charge in [-0.1, -0.05) is 11.6 Å². The maximum Gasteiger partial charge on any atom is 0.238 e. The van der Waals surface area contributed by atoms with Crippen molar-refractivity contribution in [3.8, 4) is 5.88 Å². The summed E-state index contributed by atoms with van der Waals surface area (Å²) in [5.41, 5.74) is 1.74. The molecule has 1 aromatic carbocycles. The van der Waals surface area contributed by atoms with Crippen molar-refractivity contribution in [2.75, 3.05) is 17.8 Å². The van der Waals surface area contributed by atoms with Gasteiger partial charge in [0.15, 0.2) is 0 Å². The van der Waals surface area contributed by atoms with E-state index in [4.69, 9.17) is 16.3 Å². The Morgan fingerprint density at radius 3 is 2.71 bits per heavy atom. The highest BCUT2D eigenvalue weighted by Gasteiger charge is 2.22. The van der Waals surface area contributed by atoms with E-state index >= 15 is 0 Å². The number of benzene rings is 1. The van der Waals surface area contributed by atoms with Crippen LogP contribution >= 0.6 is 11.6 Å². The molecule has 0 spiro atoms. The van der Waals surface area contributed by atoms with Gasteiger partial charge in [0.05, 0.1) is 27.7 Å². The van der Waals surface area contributed by atoms with Gasteiger partial charge in [0.25, 0.3) is 0 Å². The lowest BCUT2D eigenvalue weighted by Crippen LogP contribution is -2.27. The average molecular weight is 462 g/mol. The molecule has 8 nitrogen and oxygen atoms in total. The Kier molecular flexibility index (Phi) is 6.27. The average Bonchev–Trinajstić information content (AvgIpc) is 2.70. The number of ether oxygens (including phenoxy) is 1. The topological polar surface area (TPSA) is 110 Å². The number of rotatable bonds is 5. The number of hydrogen-bond acceptors (Lipinski definition) is 8. The third kappa shape index (κ3) is 5.41. The van der Waals surface area contributed by atoms with E-state index < -0.39 is 9.73 Å². The molecule has 1 aliphatic carbocycles. The van der Waals surface area contributed by atoms with E-state index in [1.54, 1.807) is 36.9 Å². The van der Waals surface area contributed by atoms with E-state index in [-0.39, 0.29) is 12.2 Å². The van der Waals surface area contributed by atoms with Crippen molar-refractivity contribution in [1.29, 1.82) is 0 Å². The van der Waals surface area contributed by atoms with Gasteiger partial charge >= 0.3 is 0 Å². The number of aromatic nitrogens is 3. The van der Waals surface area contributed by atoms with Crippen LogP contribution in [0.4, 0.5) is 17.2 Å². The zero-order valence-corrected chi connectivity index (χ0v) is 18.9. The fourth-order valence-electron chi connectivity index (χ4n) is 3.56. The van der Waals surface area contributed by atoms with Gasteiger partial charge in [-0.2, -0.15) is 4.36 Å². The number of nitrogens with zero attached hydrogens (tertiary/aromatic N) is 4. The van der Waals surface area contributed by atoms with Crippen molar-refractivity contribution in [3.05, 3.63) is 41.8 Å². The lowest BCUT2D eigenvalue weighted by atomic mass is 9.95. The second kappa shape index (κ2) is 8.94. The summed E-state index contributed by atoms with van der Waals surface area (Å²) < 4.78 is 22.4. The summed E-state index contributed by atoms with van der Waals surface area (Å²) in [6.07, 6.45) is 9.00. The first-order valence-electron chi connectivity index (χ1n) is 9.96. The summed E-state index contributed by atoms with van der Waals surface area (Å²) in [5, 5.41) is 14.0. The number of fused-ring (bicyclic) bond motifs is 1. The standard InChI is InChI=1S/C21H24ClN5O3S/c1-31(2,29)27-13-10-16(22)19-18(11-13)24-12-25-20(19)26-17-4-3-9-23-21(17)30-15-7-5-14(28)6-8-15/h3-4,9-12,14-15,28H,5-8H2,1-2H3,(H,24,25,26). The molecule has 0 unspecified atom stereocenters. The molecular formula is C21H24ClN5O3S. The number of aliphatic hydroxyl groups excluding tert-OH is 1. The van der Waals surface area contributed by atoms with Gasteiger partial charge in [0, 0.05) is 28.4 Å². The van der Waals surface area contributed by atoms with Crippen LogP contribution in [0.5, 0.6) is 5.88 Å². The second-order valence-electron chi connectivity index (χ2n) is 7.85. The summed E-state index contributed by atoms with van der Waals surface area (Å²) >= 11 is 6.53. The van der Waals surface area contributed by atoms with Crippen LogP contribution in [0.25, 0.3) is 10.9 Å². The van der Waals surface area contributed by atoms with E-state index in [0.29, 0.717) is 39.0 Å². The second-order valence-corrected chi connectivity index (χ2v) is 10.8. The summed E-state index contributed by atoms with van der Waals surface area (Å²) in [7, 11) is -2.33. The minimum absolute atomic E-state index is 0.00620. The molecule has 0 radical (unpaired) electrons. The highest BCUT2D eigenvalue weighted by atomic mass is 35.5. The maximum absolute atomic E-state index is 12.0. The van der Waals surface area contributed by atoms with E-state index in [2.05, 4.69) is 24.6 Å². The molecule has 2 aromatic heterocycles. The Hall–Kier alpha value is -2.49. The molecule has 0 amide bonds. The highest BCUT2D eigenvalue weighted by molar-refractivity contribution is 7.92. The van der Waals surface area contributed by atoms with Gasteiger partial charge in [0.1, 0.15) is 23.9 Å². The number of hydrogen-bond donors (Lipinski definition) is 2. The molecule has 2 N–H and O–H groups in total. The molecule has 4 rings (SSSR count). The third-order valence-electron chi connectivity index (χ3n) is 4.95. The van der Waals surface area contributed by atoms with Gasteiger partial charge in [-0.3, -0.25) is 0 Å². The predicted octanol–water partition coefficient (Wildman–Crippen LogP) is 4.46. The zero-order valence-electron chi connectivity index (χ0n) is 17.3. The van der Waals surface area contributed by atoms with Gasteiger partial charge in [-0.15, -0.1) is 0 Å². The van der Waals surface area contributed by atoms with Crippen LogP contribution in [0.1, 0.15) is 25.7 Å². The van der Waals surface area contributed by atoms with Crippen molar-refractivity contribution in [1.82, 2.24) is 15.0 Å². The molecular weight excluding hydrogens is 438 g/mol. The molecule has 0 atom stereocenters. The van der Waals surface area contributed by atoms with Gasteiger partial charge in [0.2, 0.25) is 5.88 Å². The molecule has 10 heteroatoms. The summed E-state index contributed by atoms with van der Waals surface area (Å²) in [4.78, 5) is 13.0. The minimum atomic E-state index is -2.33. The number of anilines is 2. The van der Waals surface area contributed by atoms with Crippen molar-refractivity contribution in [2.24, 2.45) is 4.36 Å². The van der Waals surface area contributed by atoms with E-state index in [1.807, 2.05) is 6.07 Å². The highest BCUT2D eigenvalue weighted by Crippen LogP contribution is 2.35. The SMILES string of the molecule is CS(C)(=O)=Nc1cc(Cl)c2c(Nc3cccnc3OC3CCC(O)CC3)ncnc2c1. The molecule has 0 bridgehead atoms. The lowest BCUT2D eigenvalue weighted by molar-refractivity contribution is 0.0647. The van der Waals surface area contributed by atoms with Crippen LogP contribution in [0.2, 0.25) is 5.02 Å². The first-order chi connectivity index (χ1) is 14.8. The van der Waals surface area contributed by atoms with E-state index in [0.717, 1.165) is 25.7 Å². The Labute approximate surface area is 186 Å². The largest absolute Gasteiger partial charge is 0.473 e. The normalized spacial score (nSPS) is 19.2. The Balaban J connectivity index is 1.66. The van der Waals surface area contributed by atoms with Crippen LogP contribution in [-0.4, -0.2) is 49.0 Å². The fraction of sp³-hybridized carbons (Fsp3) is 0.381. The quantitative estimate of drug-likeness (QED) is 0.577. The number of aliphatic hydroxyl groups is 1. The molecule has 2 heterocycles. The molecule has 164 valence electrons. The monoisotopic (exact) mass is 461 g/mol. The molecule has 3 aromatic rings. The fourth-order valence-corrected chi connectivity index (χ4v) is 4.47. The Morgan fingerprint density at radius 1 is 1.19 bits per heavy atom. The first kappa shape index (κ1) is 21.7. The van der Waals surface area contributed by atoms with Crippen molar-refractivity contribution < 1.29 is 14.1 Å². The summed E-state index contributed by atoms with van der Waals surface area (Å²) in [6, 6.07) is 7.05. The Bertz CT molecular complexity index is 1210. The molecule has 1 saturated carbocycles. The number of pyridine rings is 1. The zero-order chi connectivity index (χ0) is 22.0. The lowest BCUT2D eigenvalue weighted by Gasteiger charge is -2.26. The molecule has 0 aliphatic heterocycles. The van der Waals surface area contributed by atoms with Crippen LogP contribution in [-0.2, 0) is 9.73 Å². The van der Waals surface area contributed by atoms with E-state index in [9.17, 15) is 9.32 Å². The molecule has 31 heavy (non-hydrogen) atoms. The van der Waals surface area contributed by atoms with Gasteiger partial charge < -0.3 is 15.2 Å². The number of nitrogens with one attached hydrogen (secondary N) is 1. The molecule has 1 aliphatic rings. The summed E-state index contributed by atoms with van der Waals surface area (Å²) in [6.45, 7) is 0. The van der Waals surface area contributed by atoms with Crippen LogP contribution in [0, 0.1) is 0 Å². The van der Waals surface area contributed by atoms with Crippen molar-refractivity contribution in [3.63, 3.8) is 0 Å². The molecule has 0 saturated heterocycles. The Morgan fingerprint density at radius 2 is 1.97 bits per heavy atom. The van der Waals surface area contributed by atoms with Crippen LogP contribution in [0.3, 0.4) is 0 Å².